The van der Waals surface area contributed by atoms with E-state index in [2.05, 4.69) is 0 Å². The van der Waals surface area contributed by atoms with Crippen LogP contribution in [0.3, 0.4) is 0 Å². The van der Waals surface area contributed by atoms with Crippen LogP contribution in [-0.2, 0) is 9.53 Å². The third kappa shape index (κ3) is 1.05. The summed E-state index contributed by atoms with van der Waals surface area (Å²) in [7, 11) is 0. The van der Waals surface area contributed by atoms with Crippen molar-refractivity contribution in [3.8, 4) is 0 Å². The van der Waals surface area contributed by atoms with Crippen LogP contribution in [0, 0.1) is 5.41 Å². The number of ether oxygens (including phenoxy) is 1. The minimum absolute atomic E-state index is 0.127. The van der Waals surface area contributed by atoms with Crippen LogP contribution in [0.2, 0.25) is 0 Å². The monoisotopic (exact) mass is 167 g/mol. The first-order valence-electron chi connectivity index (χ1n) is 4.36. The number of Topliss-reactive ketones (excluding diaryl/α,β-unsaturated/α-hetero) is 1. The zero-order valence-electron chi connectivity index (χ0n) is 7.01. The van der Waals surface area contributed by atoms with Crippen LogP contribution in [-0.4, -0.2) is 18.9 Å². The number of carbonyl (C=O) groups excluding carboxylic acids is 1. The van der Waals surface area contributed by atoms with Crippen molar-refractivity contribution in [3.05, 3.63) is 11.8 Å². The molecule has 12 heavy (non-hydrogen) atoms. The van der Waals surface area contributed by atoms with Crippen LogP contribution in [0.1, 0.15) is 19.3 Å². The van der Waals surface area contributed by atoms with Crippen LogP contribution in [0.15, 0.2) is 11.8 Å². The Balaban J connectivity index is 2.09. The quantitative estimate of drug-likeness (QED) is 0.669. The average Bonchev–Trinajstić information content (AvgIpc) is 2.71. The summed E-state index contributed by atoms with van der Waals surface area (Å²) in [6.45, 7) is 1.12. The zero-order chi connectivity index (χ0) is 8.60. The van der Waals surface area contributed by atoms with Crippen molar-refractivity contribution in [3.63, 3.8) is 0 Å². The number of hydrogen-bond acceptors (Lipinski definition) is 3. The normalized spacial score (nSPS) is 24.6. The number of rotatable bonds is 3. The maximum atomic E-state index is 11.7. The van der Waals surface area contributed by atoms with Gasteiger partial charge in [-0.05, 0) is 18.9 Å². The molecular weight excluding hydrogens is 154 g/mol. The van der Waals surface area contributed by atoms with Gasteiger partial charge in [0.1, 0.15) is 0 Å². The molecule has 1 aliphatic carbocycles. The molecule has 1 aliphatic heterocycles. The highest BCUT2D eigenvalue weighted by molar-refractivity contribution is 6.00. The first-order chi connectivity index (χ1) is 5.78. The predicted octanol–water partition coefficient (Wildman–Crippen LogP) is 0.599. The van der Waals surface area contributed by atoms with Crippen LogP contribution >= 0.6 is 0 Å². The highest BCUT2D eigenvalue weighted by atomic mass is 16.5. The molecule has 0 saturated heterocycles. The van der Waals surface area contributed by atoms with E-state index in [0.717, 1.165) is 19.3 Å². The van der Waals surface area contributed by atoms with Crippen LogP contribution in [0.25, 0.3) is 0 Å². The molecule has 2 rings (SSSR count). The minimum Gasteiger partial charge on any atom is -0.490 e. The summed E-state index contributed by atoms with van der Waals surface area (Å²) in [5.41, 5.74) is 5.29. The van der Waals surface area contributed by atoms with Crippen LogP contribution < -0.4 is 5.73 Å². The first-order valence-corrected chi connectivity index (χ1v) is 4.36. The van der Waals surface area contributed by atoms with E-state index < -0.39 is 0 Å². The first kappa shape index (κ1) is 7.80. The van der Waals surface area contributed by atoms with Gasteiger partial charge in [0.2, 0.25) is 5.78 Å². The van der Waals surface area contributed by atoms with E-state index >= 15 is 0 Å². The lowest BCUT2D eigenvalue weighted by Gasteiger charge is -2.10. The molecule has 3 nitrogen and oxygen atoms in total. The molecule has 0 aromatic carbocycles. The molecule has 2 N–H and O–H groups in total. The Labute approximate surface area is 71.6 Å². The number of nitrogens with two attached hydrogens (primary N) is 1. The van der Waals surface area contributed by atoms with Gasteiger partial charge in [-0.25, -0.2) is 0 Å². The maximum absolute atomic E-state index is 11.7. The van der Waals surface area contributed by atoms with Crippen molar-refractivity contribution in [2.45, 2.75) is 19.3 Å². The van der Waals surface area contributed by atoms with E-state index in [1.165, 1.54) is 0 Å². The molecule has 66 valence electrons. The van der Waals surface area contributed by atoms with Crippen molar-refractivity contribution in [1.82, 2.24) is 0 Å². The minimum atomic E-state index is -0.240. The van der Waals surface area contributed by atoms with Gasteiger partial charge < -0.3 is 10.5 Å². The molecule has 0 unspecified atom stereocenters. The molecule has 1 fully saturated rings. The lowest BCUT2D eigenvalue weighted by atomic mass is 10.00. The zero-order valence-corrected chi connectivity index (χ0v) is 7.01. The highest BCUT2D eigenvalue weighted by Gasteiger charge is 2.50. The predicted molar refractivity (Wildman–Crippen MR) is 44.4 cm³/mol. The average molecular weight is 167 g/mol. The molecule has 0 atom stereocenters. The van der Waals surface area contributed by atoms with E-state index in [9.17, 15) is 4.79 Å². The van der Waals surface area contributed by atoms with E-state index in [4.69, 9.17) is 10.5 Å². The second-order valence-corrected chi connectivity index (χ2v) is 3.52. The molecule has 2 aliphatic rings. The van der Waals surface area contributed by atoms with Crippen molar-refractivity contribution >= 4 is 5.78 Å². The smallest absolute Gasteiger partial charge is 0.204 e. The van der Waals surface area contributed by atoms with E-state index in [0.29, 0.717) is 18.9 Å². The fourth-order valence-electron chi connectivity index (χ4n) is 1.51. The summed E-state index contributed by atoms with van der Waals surface area (Å²) in [6.07, 6.45) is 4.60. The fraction of sp³-hybridized carbons (Fsp3) is 0.667. The molecule has 0 spiro atoms. The molecular formula is C9H13NO2. The van der Waals surface area contributed by atoms with Crippen molar-refractivity contribution in [1.29, 1.82) is 0 Å². The summed E-state index contributed by atoms with van der Waals surface area (Å²) in [5.74, 6) is 0.681. The molecule has 0 amide bonds. The summed E-state index contributed by atoms with van der Waals surface area (Å²) < 4.78 is 5.20. The van der Waals surface area contributed by atoms with Gasteiger partial charge in [0.15, 0.2) is 5.76 Å². The summed E-state index contributed by atoms with van der Waals surface area (Å²) in [5, 5.41) is 0. The molecule has 0 bridgehead atoms. The molecule has 0 radical (unpaired) electrons. The summed E-state index contributed by atoms with van der Waals surface area (Å²) >= 11 is 0. The van der Waals surface area contributed by atoms with E-state index in [-0.39, 0.29) is 11.2 Å². The molecule has 0 aromatic heterocycles. The van der Waals surface area contributed by atoms with Crippen LogP contribution in [0.4, 0.5) is 0 Å². The number of hydrogen-bond donors (Lipinski definition) is 1. The van der Waals surface area contributed by atoms with Crippen LogP contribution in [0.5, 0.6) is 0 Å². The van der Waals surface area contributed by atoms with Gasteiger partial charge in [-0.1, -0.05) is 0 Å². The second kappa shape index (κ2) is 2.59. The van der Waals surface area contributed by atoms with Crippen molar-refractivity contribution < 1.29 is 9.53 Å². The second-order valence-electron chi connectivity index (χ2n) is 3.52. The third-order valence-corrected chi connectivity index (χ3v) is 2.65. The maximum Gasteiger partial charge on any atom is 0.204 e. The van der Waals surface area contributed by atoms with Gasteiger partial charge in [0.05, 0.1) is 6.61 Å². The summed E-state index contributed by atoms with van der Waals surface area (Å²) in [6, 6.07) is 0. The van der Waals surface area contributed by atoms with E-state index in [1.54, 1.807) is 0 Å². The Kier molecular flexibility index (Phi) is 1.68. The molecule has 0 aromatic rings. The SMILES string of the molecule is NCC1(C(=O)C2=CCCO2)CC1. The highest BCUT2D eigenvalue weighted by Crippen LogP contribution is 2.47. The van der Waals surface area contributed by atoms with Crippen molar-refractivity contribution in [2.24, 2.45) is 11.1 Å². The lowest BCUT2D eigenvalue weighted by Crippen LogP contribution is -2.26. The Hall–Kier alpha value is -0.830. The Morgan fingerprint density at radius 3 is 2.83 bits per heavy atom. The largest absolute Gasteiger partial charge is 0.490 e. The Morgan fingerprint density at radius 2 is 2.42 bits per heavy atom. The Bertz CT molecular complexity index is 241. The standard InChI is InChI=1S/C9H13NO2/c10-6-9(3-4-9)8(11)7-2-1-5-12-7/h2H,1,3-6,10H2. The number of carbonyl (C=O) groups is 1. The lowest BCUT2D eigenvalue weighted by molar-refractivity contribution is -0.123. The van der Waals surface area contributed by atoms with Gasteiger partial charge in [-0.2, -0.15) is 0 Å². The number of ketones is 1. The summed E-state index contributed by atoms with van der Waals surface area (Å²) in [4.78, 5) is 11.7. The molecule has 3 heteroatoms. The van der Waals surface area contributed by atoms with Gasteiger partial charge >= 0.3 is 0 Å². The molecule has 1 saturated carbocycles. The number of allylic oxidation sites excluding steroid dienone is 1. The topological polar surface area (TPSA) is 52.3 Å². The third-order valence-electron chi connectivity index (χ3n) is 2.65. The van der Waals surface area contributed by atoms with Gasteiger partial charge in [0.25, 0.3) is 0 Å². The van der Waals surface area contributed by atoms with Gasteiger partial charge in [-0.15, -0.1) is 0 Å². The van der Waals surface area contributed by atoms with E-state index in [1.807, 2.05) is 6.08 Å². The van der Waals surface area contributed by atoms with Crippen molar-refractivity contribution in [2.75, 3.05) is 13.2 Å². The van der Waals surface area contributed by atoms with Gasteiger partial charge in [0, 0.05) is 18.4 Å². The fourth-order valence-corrected chi connectivity index (χ4v) is 1.51. The van der Waals surface area contributed by atoms with Gasteiger partial charge in [-0.3, -0.25) is 4.79 Å². The Morgan fingerprint density at radius 1 is 1.67 bits per heavy atom. The molecule has 1 heterocycles.